The van der Waals surface area contributed by atoms with Gasteiger partial charge in [-0.1, -0.05) is 23.7 Å². The summed E-state index contributed by atoms with van der Waals surface area (Å²) in [5.41, 5.74) is 7.24. The Morgan fingerprint density at radius 2 is 2.00 bits per heavy atom. The summed E-state index contributed by atoms with van der Waals surface area (Å²) in [5, 5.41) is 0.486. The average Bonchev–Trinajstić information content (AvgIpc) is 2.67. The minimum atomic E-state index is -0.202. The molecule has 2 N–H and O–H groups in total. The fraction of sp³-hybridized carbons (Fsp3) is 0.250. The Balaban J connectivity index is 1.95. The van der Waals surface area contributed by atoms with Crippen LogP contribution in [0.4, 0.5) is 5.69 Å². The monoisotopic (exact) mass is 289 g/mol. The molecule has 3 nitrogen and oxygen atoms in total. The Hall–Kier alpha value is -1.87. The number of ether oxygens (including phenoxy) is 2. The standard InChI is InChI=1S/C16H16ClNO2/c1-16(2)9-10-4-3-5-14(15(10)20-16)19-13-7-6-11(18)8-12(13)17/h3-8H,9,18H2,1-2H3. The van der Waals surface area contributed by atoms with E-state index in [1.165, 1.54) is 0 Å². The van der Waals surface area contributed by atoms with E-state index in [1.807, 2.05) is 12.1 Å². The molecule has 0 bridgehead atoms. The fourth-order valence-electron chi connectivity index (χ4n) is 2.39. The number of hydrogen-bond acceptors (Lipinski definition) is 3. The quantitative estimate of drug-likeness (QED) is 0.832. The third-order valence-electron chi connectivity index (χ3n) is 3.23. The SMILES string of the molecule is CC1(C)Cc2cccc(Oc3ccc(N)cc3Cl)c2O1. The molecule has 0 unspecified atom stereocenters. The molecule has 104 valence electrons. The molecule has 0 aromatic heterocycles. The molecule has 3 rings (SSSR count). The Bertz CT molecular complexity index is 668. The topological polar surface area (TPSA) is 44.5 Å². The molecule has 20 heavy (non-hydrogen) atoms. The van der Waals surface area contributed by atoms with E-state index in [1.54, 1.807) is 18.2 Å². The number of fused-ring (bicyclic) bond motifs is 1. The molecular weight excluding hydrogens is 274 g/mol. The predicted octanol–water partition coefficient (Wildman–Crippen LogP) is 4.43. The molecule has 1 aliphatic heterocycles. The first-order valence-electron chi connectivity index (χ1n) is 6.48. The van der Waals surface area contributed by atoms with Crippen LogP contribution in [0.3, 0.4) is 0 Å². The second kappa shape index (κ2) is 4.60. The average molecular weight is 290 g/mol. The van der Waals surface area contributed by atoms with E-state index in [2.05, 4.69) is 19.9 Å². The van der Waals surface area contributed by atoms with Crippen LogP contribution >= 0.6 is 11.6 Å². The van der Waals surface area contributed by atoms with Gasteiger partial charge in [-0.15, -0.1) is 0 Å². The lowest BCUT2D eigenvalue weighted by molar-refractivity contribution is 0.135. The summed E-state index contributed by atoms with van der Waals surface area (Å²) in [6.45, 7) is 4.12. The van der Waals surface area contributed by atoms with Crippen molar-refractivity contribution in [2.45, 2.75) is 25.9 Å². The molecule has 0 aliphatic carbocycles. The van der Waals surface area contributed by atoms with Gasteiger partial charge in [-0.2, -0.15) is 0 Å². The van der Waals surface area contributed by atoms with Gasteiger partial charge in [-0.3, -0.25) is 0 Å². The first-order chi connectivity index (χ1) is 9.44. The minimum Gasteiger partial charge on any atom is -0.483 e. The molecule has 0 saturated carbocycles. The Morgan fingerprint density at radius 3 is 2.75 bits per heavy atom. The summed E-state index contributed by atoms with van der Waals surface area (Å²) in [4.78, 5) is 0. The van der Waals surface area contributed by atoms with Crippen molar-refractivity contribution in [1.82, 2.24) is 0 Å². The van der Waals surface area contributed by atoms with Crippen LogP contribution in [0, 0.1) is 0 Å². The van der Waals surface area contributed by atoms with Crippen molar-refractivity contribution in [3.8, 4) is 17.2 Å². The highest BCUT2D eigenvalue weighted by molar-refractivity contribution is 6.32. The molecule has 0 amide bonds. The highest BCUT2D eigenvalue weighted by Gasteiger charge is 2.32. The van der Waals surface area contributed by atoms with E-state index < -0.39 is 0 Å². The van der Waals surface area contributed by atoms with Gasteiger partial charge in [0.15, 0.2) is 11.5 Å². The van der Waals surface area contributed by atoms with E-state index in [0.29, 0.717) is 22.2 Å². The molecule has 0 saturated heterocycles. The number of hydrogen-bond donors (Lipinski definition) is 1. The predicted molar refractivity (Wildman–Crippen MR) is 80.8 cm³/mol. The van der Waals surface area contributed by atoms with Crippen LogP contribution in [0.15, 0.2) is 36.4 Å². The molecule has 0 radical (unpaired) electrons. The molecule has 2 aromatic rings. The number of para-hydroxylation sites is 1. The van der Waals surface area contributed by atoms with Crippen LogP contribution < -0.4 is 15.2 Å². The lowest BCUT2D eigenvalue weighted by atomic mass is 10.0. The lowest BCUT2D eigenvalue weighted by Gasteiger charge is -2.18. The van der Waals surface area contributed by atoms with Gasteiger partial charge in [-0.05, 0) is 38.1 Å². The van der Waals surface area contributed by atoms with Crippen LogP contribution in [-0.2, 0) is 6.42 Å². The van der Waals surface area contributed by atoms with Crippen LogP contribution in [-0.4, -0.2) is 5.60 Å². The molecule has 0 fully saturated rings. The Labute approximate surface area is 123 Å². The highest BCUT2D eigenvalue weighted by atomic mass is 35.5. The maximum Gasteiger partial charge on any atom is 0.169 e. The van der Waals surface area contributed by atoms with Gasteiger partial charge < -0.3 is 15.2 Å². The Kier molecular flexibility index (Phi) is 3.02. The number of benzene rings is 2. The van der Waals surface area contributed by atoms with Crippen molar-refractivity contribution in [3.63, 3.8) is 0 Å². The van der Waals surface area contributed by atoms with Crippen LogP contribution in [0.1, 0.15) is 19.4 Å². The second-order valence-electron chi connectivity index (χ2n) is 5.57. The normalized spacial score (nSPS) is 15.6. The van der Waals surface area contributed by atoms with Gasteiger partial charge in [0.25, 0.3) is 0 Å². The van der Waals surface area contributed by atoms with E-state index in [-0.39, 0.29) is 5.60 Å². The largest absolute Gasteiger partial charge is 0.483 e. The molecule has 2 aromatic carbocycles. The fourth-order valence-corrected chi connectivity index (χ4v) is 2.61. The molecule has 4 heteroatoms. The smallest absolute Gasteiger partial charge is 0.169 e. The van der Waals surface area contributed by atoms with E-state index in [9.17, 15) is 0 Å². The van der Waals surface area contributed by atoms with E-state index in [4.69, 9.17) is 26.8 Å². The second-order valence-corrected chi connectivity index (χ2v) is 5.98. The highest BCUT2D eigenvalue weighted by Crippen LogP contribution is 2.44. The third kappa shape index (κ3) is 2.41. The minimum absolute atomic E-state index is 0.202. The van der Waals surface area contributed by atoms with Gasteiger partial charge in [0.1, 0.15) is 11.4 Å². The maximum absolute atomic E-state index is 6.14. The van der Waals surface area contributed by atoms with Gasteiger partial charge in [0.2, 0.25) is 0 Å². The number of halogens is 1. The lowest BCUT2D eigenvalue weighted by Crippen LogP contribution is -2.24. The van der Waals surface area contributed by atoms with Gasteiger partial charge in [-0.25, -0.2) is 0 Å². The summed E-state index contributed by atoms with van der Waals surface area (Å²) in [6.07, 6.45) is 0.870. The molecule has 1 aliphatic rings. The molecule has 1 heterocycles. The third-order valence-corrected chi connectivity index (χ3v) is 3.53. The summed E-state index contributed by atoms with van der Waals surface area (Å²) in [5.74, 6) is 2.05. The number of nitrogens with two attached hydrogens (primary N) is 1. The zero-order chi connectivity index (χ0) is 14.3. The van der Waals surface area contributed by atoms with Crippen molar-refractivity contribution in [1.29, 1.82) is 0 Å². The van der Waals surface area contributed by atoms with Gasteiger partial charge in [0, 0.05) is 17.7 Å². The van der Waals surface area contributed by atoms with Crippen molar-refractivity contribution in [2.75, 3.05) is 5.73 Å². The van der Waals surface area contributed by atoms with E-state index in [0.717, 1.165) is 17.7 Å². The number of nitrogen functional groups attached to an aromatic ring is 1. The van der Waals surface area contributed by atoms with Gasteiger partial charge >= 0.3 is 0 Å². The zero-order valence-corrected chi connectivity index (χ0v) is 12.2. The van der Waals surface area contributed by atoms with E-state index >= 15 is 0 Å². The van der Waals surface area contributed by atoms with Crippen molar-refractivity contribution < 1.29 is 9.47 Å². The van der Waals surface area contributed by atoms with Crippen LogP contribution in [0.5, 0.6) is 17.2 Å². The van der Waals surface area contributed by atoms with Crippen molar-refractivity contribution in [3.05, 3.63) is 47.0 Å². The maximum atomic E-state index is 6.14. The summed E-state index contributed by atoms with van der Waals surface area (Å²) >= 11 is 6.14. The zero-order valence-electron chi connectivity index (χ0n) is 11.4. The van der Waals surface area contributed by atoms with Crippen molar-refractivity contribution in [2.24, 2.45) is 0 Å². The first kappa shape index (κ1) is 13.1. The number of anilines is 1. The first-order valence-corrected chi connectivity index (χ1v) is 6.86. The Morgan fingerprint density at radius 1 is 1.20 bits per heavy atom. The summed E-state index contributed by atoms with van der Waals surface area (Å²) in [7, 11) is 0. The summed E-state index contributed by atoms with van der Waals surface area (Å²) in [6, 6.07) is 11.1. The van der Waals surface area contributed by atoms with Crippen LogP contribution in [0.25, 0.3) is 0 Å². The van der Waals surface area contributed by atoms with Gasteiger partial charge in [0.05, 0.1) is 5.02 Å². The number of rotatable bonds is 2. The van der Waals surface area contributed by atoms with Crippen molar-refractivity contribution >= 4 is 17.3 Å². The molecular formula is C16H16ClNO2. The molecule has 0 atom stereocenters. The van der Waals surface area contributed by atoms with Crippen LogP contribution in [0.2, 0.25) is 5.02 Å². The summed E-state index contributed by atoms with van der Waals surface area (Å²) < 4.78 is 11.9. The molecule has 0 spiro atoms.